The van der Waals surface area contributed by atoms with Crippen molar-refractivity contribution >= 4 is 0 Å². The summed E-state index contributed by atoms with van der Waals surface area (Å²) in [6.45, 7) is 4.05. The van der Waals surface area contributed by atoms with Crippen molar-refractivity contribution in [3.63, 3.8) is 0 Å². The van der Waals surface area contributed by atoms with Gasteiger partial charge in [0.1, 0.15) is 5.75 Å². The van der Waals surface area contributed by atoms with E-state index in [2.05, 4.69) is 17.4 Å². The van der Waals surface area contributed by atoms with Gasteiger partial charge in [-0.3, -0.25) is 0 Å². The minimum atomic E-state index is 0.125. The van der Waals surface area contributed by atoms with Crippen molar-refractivity contribution in [1.29, 1.82) is 0 Å². The average molecular weight is 245 g/mol. The van der Waals surface area contributed by atoms with Gasteiger partial charge in [-0.2, -0.15) is 0 Å². The minimum absolute atomic E-state index is 0.125. The molecule has 0 saturated heterocycles. The van der Waals surface area contributed by atoms with Crippen LogP contribution in [0.15, 0.2) is 47.3 Å². The molecule has 0 saturated carbocycles. The van der Waals surface area contributed by atoms with Crippen LogP contribution in [0.3, 0.4) is 0 Å². The molecule has 1 unspecified atom stereocenters. The summed E-state index contributed by atoms with van der Waals surface area (Å²) in [5.74, 6) is 0.895. The van der Waals surface area contributed by atoms with Crippen LogP contribution in [0, 0.1) is 0 Å². The first kappa shape index (κ1) is 12.7. The van der Waals surface area contributed by atoms with Crippen molar-refractivity contribution in [2.45, 2.75) is 26.0 Å². The van der Waals surface area contributed by atoms with Crippen LogP contribution in [0.5, 0.6) is 5.75 Å². The Balaban J connectivity index is 2.26. The number of furan rings is 1. The summed E-state index contributed by atoms with van der Waals surface area (Å²) in [5, 5.41) is 3.29. The van der Waals surface area contributed by atoms with Gasteiger partial charge in [0.25, 0.3) is 0 Å². The predicted molar refractivity (Wildman–Crippen MR) is 71.8 cm³/mol. The van der Waals surface area contributed by atoms with Crippen molar-refractivity contribution in [2.24, 2.45) is 0 Å². The van der Waals surface area contributed by atoms with Crippen LogP contribution in [0.4, 0.5) is 0 Å². The Morgan fingerprint density at radius 1 is 1.17 bits per heavy atom. The first-order valence-corrected chi connectivity index (χ1v) is 6.16. The van der Waals surface area contributed by atoms with Crippen LogP contribution in [0.2, 0.25) is 0 Å². The molecule has 0 bridgehead atoms. The number of hydrogen-bond acceptors (Lipinski definition) is 3. The monoisotopic (exact) mass is 245 g/mol. The van der Waals surface area contributed by atoms with Crippen LogP contribution < -0.4 is 10.1 Å². The molecule has 18 heavy (non-hydrogen) atoms. The molecule has 96 valence electrons. The Bertz CT molecular complexity index is 477. The summed E-state index contributed by atoms with van der Waals surface area (Å²) in [5.41, 5.74) is 2.27. The summed E-state index contributed by atoms with van der Waals surface area (Å²) >= 11 is 0. The number of ether oxygens (including phenoxy) is 1. The number of rotatable bonds is 5. The van der Waals surface area contributed by atoms with Crippen LogP contribution >= 0.6 is 0 Å². The van der Waals surface area contributed by atoms with Gasteiger partial charge in [0, 0.05) is 5.56 Å². The Hall–Kier alpha value is -1.74. The third-order valence-corrected chi connectivity index (χ3v) is 2.73. The summed E-state index contributed by atoms with van der Waals surface area (Å²) < 4.78 is 10.9. The average Bonchev–Trinajstić information content (AvgIpc) is 2.83. The molecule has 0 amide bonds. The summed E-state index contributed by atoms with van der Waals surface area (Å²) in [6, 6.07) is 10.2. The van der Waals surface area contributed by atoms with Gasteiger partial charge >= 0.3 is 0 Å². The van der Waals surface area contributed by atoms with Crippen LogP contribution in [-0.4, -0.2) is 13.2 Å². The maximum absolute atomic E-state index is 5.72. The van der Waals surface area contributed by atoms with Crippen LogP contribution in [0.25, 0.3) is 0 Å². The van der Waals surface area contributed by atoms with E-state index in [9.17, 15) is 0 Å². The summed E-state index contributed by atoms with van der Waals surface area (Å²) in [6.07, 6.45) is 3.63. The molecule has 2 rings (SSSR count). The molecule has 1 aromatic carbocycles. The topological polar surface area (TPSA) is 34.4 Å². The molecular formula is C15H19NO2. The smallest absolute Gasteiger partial charge is 0.120 e. The lowest BCUT2D eigenvalue weighted by Gasteiger charge is -2.17. The maximum Gasteiger partial charge on any atom is 0.120 e. The standard InChI is InChI=1S/C15H19NO2/c1-11(2)18-14-6-4-5-12(9-14)15(16-3)13-7-8-17-10-13/h4-11,15-16H,1-3H3. The molecule has 1 atom stereocenters. The highest BCUT2D eigenvalue weighted by molar-refractivity contribution is 5.35. The van der Waals surface area contributed by atoms with Gasteiger partial charge < -0.3 is 14.5 Å². The Kier molecular flexibility index (Phi) is 4.05. The van der Waals surface area contributed by atoms with E-state index in [1.807, 2.05) is 39.1 Å². The van der Waals surface area contributed by atoms with Crippen LogP contribution in [0.1, 0.15) is 31.0 Å². The molecule has 2 aromatic rings. The van der Waals surface area contributed by atoms with Crippen molar-refractivity contribution in [2.75, 3.05) is 7.05 Å². The summed E-state index contributed by atoms with van der Waals surface area (Å²) in [4.78, 5) is 0. The molecule has 0 aliphatic heterocycles. The lowest BCUT2D eigenvalue weighted by molar-refractivity contribution is 0.242. The number of hydrogen-bond donors (Lipinski definition) is 1. The molecular weight excluding hydrogens is 226 g/mol. The summed E-state index contributed by atoms with van der Waals surface area (Å²) in [7, 11) is 1.94. The molecule has 1 aromatic heterocycles. The highest BCUT2D eigenvalue weighted by Gasteiger charge is 2.13. The van der Waals surface area contributed by atoms with E-state index in [-0.39, 0.29) is 12.1 Å². The predicted octanol–water partition coefficient (Wildman–Crippen LogP) is 3.38. The van der Waals surface area contributed by atoms with E-state index in [0.29, 0.717) is 0 Å². The molecule has 1 N–H and O–H groups in total. The lowest BCUT2D eigenvalue weighted by Crippen LogP contribution is -2.17. The van der Waals surface area contributed by atoms with E-state index in [1.54, 1.807) is 12.5 Å². The molecule has 3 nitrogen and oxygen atoms in total. The van der Waals surface area contributed by atoms with E-state index < -0.39 is 0 Å². The molecule has 0 spiro atoms. The van der Waals surface area contributed by atoms with Crippen molar-refractivity contribution < 1.29 is 9.15 Å². The van der Waals surface area contributed by atoms with Crippen LogP contribution in [-0.2, 0) is 0 Å². The van der Waals surface area contributed by atoms with Gasteiger partial charge in [0.2, 0.25) is 0 Å². The zero-order valence-electron chi connectivity index (χ0n) is 11.0. The second kappa shape index (κ2) is 5.74. The number of nitrogens with one attached hydrogen (secondary N) is 1. The normalized spacial score (nSPS) is 12.7. The third-order valence-electron chi connectivity index (χ3n) is 2.73. The Morgan fingerprint density at radius 3 is 2.61 bits per heavy atom. The first-order valence-electron chi connectivity index (χ1n) is 6.16. The fourth-order valence-electron chi connectivity index (χ4n) is 2.00. The van der Waals surface area contributed by atoms with Crippen molar-refractivity contribution in [3.8, 4) is 5.75 Å². The molecule has 1 heterocycles. The quantitative estimate of drug-likeness (QED) is 0.877. The second-order valence-electron chi connectivity index (χ2n) is 4.52. The van der Waals surface area contributed by atoms with Gasteiger partial charge in [-0.1, -0.05) is 12.1 Å². The minimum Gasteiger partial charge on any atom is -0.491 e. The van der Waals surface area contributed by atoms with Crippen molar-refractivity contribution in [3.05, 3.63) is 54.0 Å². The van der Waals surface area contributed by atoms with E-state index in [1.165, 1.54) is 0 Å². The zero-order valence-corrected chi connectivity index (χ0v) is 11.0. The van der Waals surface area contributed by atoms with Crippen molar-refractivity contribution in [1.82, 2.24) is 5.32 Å². The molecule has 0 aliphatic carbocycles. The zero-order chi connectivity index (χ0) is 13.0. The van der Waals surface area contributed by atoms with Gasteiger partial charge in [0.05, 0.1) is 24.7 Å². The molecule has 0 radical (unpaired) electrons. The van der Waals surface area contributed by atoms with Gasteiger partial charge in [-0.05, 0) is 44.7 Å². The number of benzene rings is 1. The fraction of sp³-hybridized carbons (Fsp3) is 0.333. The lowest BCUT2D eigenvalue weighted by atomic mass is 10.0. The largest absolute Gasteiger partial charge is 0.491 e. The highest BCUT2D eigenvalue weighted by Crippen LogP contribution is 2.25. The Labute approximate surface area is 108 Å². The maximum atomic E-state index is 5.72. The second-order valence-corrected chi connectivity index (χ2v) is 4.52. The SMILES string of the molecule is CNC(c1ccoc1)c1cccc(OC(C)C)c1. The van der Waals surface area contributed by atoms with E-state index in [0.717, 1.165) is 16.9 Å². The van der Waals surface area contributed by atoms with Gasteiger partial charge in [0.15, 0.2) is 0 Å². The van der Waals surface area contributed by atoms with Gasteiger partial charge in [-0.25, -0.2) is 0 Å². The molecule has 3 heteroatoms. The molecule has 0 fully saturated rings. The van der Waals surface area contributed by atoms with Gasteiger partial charge in [-0.15, -0.1) is 0 Å². The van der Waals surface area contributed by atoms with E-state index >= 15 is 0 Å². The highest BCUT2D eigenvalue weighted by atomic mass is 16.5. The Morgan fingerprint density at radius 2 is 2.00 bits per heavy atom. The van der Waals surface area contributed by atoms with E-state index in [4.69, 9.17) is 9.15 Å². The third kappa shape index (κ3) is 2.93. The molecule has 0 aliphatic rings. The first-order chi connectivity index (χ1) is 8.70. The fourth-order valence-corrected chi connectivity index (χ4v) is 2.00.